The van der Waals surface area contributed by atoms with Crippen LogP contribution in [-0.2, 0) is 21.7 Å². The van der Waals surface area contributed by atoms with Crippen LogP contribution < -0.4 is 16.2 Å². The van der Waals surface area contributed by atoms with Gasteiger partial charge in [-0.25, -0.2) is 0 Å². The molecule has 0 unspecified atom stereocenters. The fourth-order valence-corrected chi connectivity index (χ4v) is 11.9. The standard InChI is InChI=1S/C63H57BN2O2/c1-60(2,3)34-20-24-37(25-21-34)65-48-32-46-41(40-28-35(61(4,5)6)22-26-45(40)63(46,10)11)30-43(48)54-55-39-17-13-15-19-52(39)68-59(55)56-44-29-36(62(7,8)9)23-27-49(44)66-50-33-53-42(31-47(50)64-57(54)58(56)66)38-16-12-14-18-51(38)67-53/h12-33,64-65H,1-11H3. The van der Waals surface area contributed by atoms with Crippen LogP contribution in [0.15, 0.2) is 142 Å². The van der Waals surface area contributed by atoms with Gasteiger partial charge in [0.1, 0.15) is 22.3 Å². The van der Waals surface area contributed by atoms with Crippen molar-refractivity contribution < 1.29 is 8.83 Å². The van der Waals surface area contributed by atoms with E-state index in [1.807, 2.05) is 0 Å². The number of nitrogens with one attached hydrogen (secondary N) is 1. The summed E-state index contributed by atoms with van der Waals surface area (Å²) in [5.74, 6) is 0. The molecule has 11 aromatic rings. The monoisotopic (exact) mass is 884 g/mol. The maximum Gasteiger partial charge on any atom is 0.198 e. The molecule has 0 saturated heterocycles. The fourth-order valence-electron chi connectivity index (χ4n) is 11.9. The Bertz CT molecular complexity index is 3980. The third kappa shape index (κ3) is 5.81. The van der Waals surface area contributed by atoms with Crippen molar-refractivity contribution in [1.29, 1.82) is 0 Å². The van der Waals surface area contributed by atoms with Crippen molar-refractivity contribution in [3.8, 4) is 27.9 Å². The third-order valence-corrected chi connectivity index (χ3v) is 15.7. The first-order valence-corrected chi connectivity index (χ1v) is 24.5. The van der Waals surface area contributed by atoms with Gasteiger partial charge in [0.25, 0.3) is 0 Å². The van der Waals surface area contributed by atoms with Crippen molar-refractivity contribution in [2.75, 3.05) is 5.32 Å². The Hall–Kier alpha value is -6.98. The van der Waals surface area contributed by atoms with Crippen LogP contribution in [0.25, 0.3) is 93.6 Å². The molecular formula is C63H57BN2O2. The minimum absolute atomic E-state index is 0.00192. The van der Waals surface area contributed by atoms with E-state index in [4.69, 9.17) is 8.83 Å². The molecule has 1 aliphatic carbocycles. The van der Waals surface area contributed by atoms with Crippen LogP contribution >= 0.6 is 0 Å². The number of fused-ring (bicyclic) bond motifs is 15. The van der Waals surface area contributed by atoms with Crippen molar-refractivity contribution in [3.63, 3.8) is 0 Å². The predicted octanol–water partition coefficient (Wildman–Crippen LogP) is 15.9. The van der Waals surface area contributed by atoms with E-state index >= 15 is 0 Å². The summed E-state index contributed by atoms with van der Waals surface area (Å²) >= 11 is 0. The van der Waals surface area contributed by atoms with Gasteiger partial charge in [0, 0.05) is 61.0 Å². The highest BCUT2D eigenvalue weighted by Crippen LogP contribution is 2.54. The van der Waals surface area contributed by atoms with Crippen LogP contribution in [0.3, 0.4) is 0 Å². The van der Waals surface area contributed by atoms with Gasteiger partial charge in [-0.3, -0.25) is 0 Å². The van der Waals surface area contributed by atoms with E-state index in [9.17, 15) is 0 Å². The quantitative estimate of drug-likeness (QED) is 0.180. The zero-order valence-corrected chi connectivity index (χ0v) is 41.2. The molecule has 0 spiro atoms. The molecule has 8 aromatic carbocycles. The van der Waals surface area contributed by atoms with E-state index in [0.29, 0.717) is 0 Å². The second-order valence-corrected chi connectivity index (χ2v) is 23.5. The summed E-state index contributed by atoms with van der Waals surface area (Å²) < 4.78 is 16.5. The molecule has 68 heavy (non-hydrogen) atoms. The molecule has 3 aromatic heterocycles. The van der Waals surface area contributed by atoms with Crippen LogP contribution in [0, 0.1) is 0 Å². The van der Waals surface area contributed by atoms with Crippen molar-refractivity contribution in [3.05, 3.63) is 161 Å². The smallest absolute Gasteiger partial charge is 0.198 e. The fraction of sp³-hybridized carbons (Fsp3) is 0.238. The first-order chi connectivity index (χ1) is 32.3. The first kappa shape index (κ1) is 41.2. The summed E-state index contributed by atoms with van der Waals surface area (Å²) in [6.45, 7) is 25.5. The van der Waals surface area contributed by atoms with E-state index in [-0.39, 0.29) is 21.7 Å². The molecule has 0 atom stereocenters. The lowest BCUT2D eigenvalue weighted by molar-refractivity contribution is 0.589. The third-order valence-electron chi connectivity index (χ3n) is 15.7. The summed E-state index contributed by atoms with van der Waals surface area (Å²) in [6.07, 6.45) is 0. The summed E-state index contributed by atoms with van der Waals surface area (Å²) in [7, 11) is 0.738. The van der Waals surface area contributed by atoms with E-state index in [1.165, 1.54) is 82.8 Å². The van der Waals surface area contributed by atoms with Crippen LogP contribution in [0.4, 0.5) is 11.4 Å². The van der Waals surface area contributed by atoms with Gasteiger partial charge in [-0.2, -0.15) is 0 Å². The van der Waals surface area contributed by atoms with Crippen molar-refractivity contribution in [2.24, 2.45) is 0 Å². The topological polar surface area (TPSA) is 43.2 Å². The van der Waals surface area contributed by atoms with Crippen molar-refractivity contribution in [1.82, 2.24) is 4.57 Å². The van der Waals surface area contributed by atoms with Gasteiger partial charge in [-0.1, -0.05) is 160 Å². The molecule has 4 heterocycles. The van der Waals surface area contributed by atoms with Crippen molar-refractivity contribution >= 4 is 95.3 Å². The van der Waals surface area contributed by atoms with E-state index in [1.54, 1.807) is 0 Å². The number of hydrogen-bond acceptors (Lipinski definition) is 3. The van der Waals surface area contributed by atoms with E-state index in [2.05, 4.69) is 220 Å². The molecule has 1 N–H and O–H groups in total. The number of anilines is 2. The summed E-state index contributed by atoms with van der Waals surface area (Å²) in [6, 6.07) is 50.2. The average Bonchev–Trinajstić information content (AvgIpc) is 4.02. The number of furan rings is 2. The Balaban J connectivity index is 1.20. The number of benzene rings is 8. The highest BCUT2D eigenvalue weighted by Gasteiger charge is 2.39. The molecule has 0 saturated carbocycles. The van der Waals surface area contributed by atoms with Gasteiger partial charge in [0.2, 0.25) is 0 Å². The zero-order valence-electron chi connectivity index (χ0n) is 41.2. The molecule has 2 aliphatic rings. The molecule has 4 nitrogen and oxygen atoms in total. The van der Waals surface area contributed by atoms with Crippen molar-refractivity contribution in [2.45, 2.75) is 97.8 Å². The highest BCUT2D eigenvalue weighted by atomic mass is 16.3. The molecule has 0 amide bonds. The minimum atomic E-state index is -0.211. The van der Waals surface area contributed by atoms with Crippen LogP contribution in [0.5, 0.6) is 0 Å². The molecule has 0 radical (unpaired) electrons. The van der Waals surface area contributed by atoms with Gasteiger partial charge in [-0.15, -0.1) is 0 Å². The second kappa shape index (κ2) is 13.6. The number of aromatic nitrogens is 1. The zero-order chi connectivity index (χ0) is 47.0. The molecule has 334 valence electrons. The number of hydrogen-bond donors (Lipinski definition) is 1. The summed E-state index contributed by atoms with van der Waals surface area (Å²) in [5, 5.41) is 11.0. The summed E-state index contributed by atoms with van der Waals surface area (Å²) in [5.41, 5.74) is 23.3. The Morgan fingerprint density at radius 3 is 1.87 bits per heavy atom. The molecule has 5 heteroatoms. The number of nitrogens with zero attached hydrogens (tertiary/aromatic N) is 1. The molecular weight excluding hydrogens is 828 g/mol. The first-order valence-electron chi connectivity index (χ1n) is 24.5. The lowest BCUT2D eigenvalue weighted by Crippen LogP contribution is -2.37. The Labute approximate surface area is 399 Å². The average molecular weight is 885 g/mol. The molecule has 13 rings (SSSR count). The molecule has 0 fully saturated rings. The summed E-state index contributed by atoms with van der Waals surface area (Å²) in [4.78, 5) is 0. The lowest BCUT2D eigenvalue weighted by Gasteiger charge is -2.26. The SMILES string of the molecule is CC(C)(C)c1ccc(Nc2cc3c(cc2-c2c4c5c(c6cc(C(C)(C)C)ccc6n5-c5cc6oc7ccccc7c6cc5B4)c4oc5ccccc5c24)-c2cc(C(C)(C)C)ccc2C3(C)C)cc1. The van der Waals surface area contributed by atoms with Gasteiger partial charge < -0.3 is 18.7 Å². The Kier molecular flexibility index (Phi) is 8.24. The normalized spacial score (nSPS) is 14.3. The van der Waals surface area contributed by atoms with Crippen LogP contribution in [0.2, 0.25) is 0 Å². The van der Waals surface area contributed by atoms with E-state index < -0.39 is 0 Å². The van der Waals surface area contributed by atoms with Gasteiger partial charge in [0.05, 0.1) is 16.4 Å². The van der Waals surface area contributed by atoms with E-state index in [0.717, 1.165) is 68.2 Å². The van der Waals surface area contributed by atoms with Gasteiger partial charge in [-0.05, 0) is 115 Å². The van der Waals surface area contributed by atoms with Gasteiger partial charge >= 0.3 is 0 Å². The highest BCUT2D eigenvalue weighted by molar-refractivity contribution is 6.75. The lowest BCUT2D eigenvalue weighted by atomic mass is 9.58. The van der Waals surface area contributed by atoms with Gasteiger partial charge in [0.15, 0.2) is 7.28 Å². The predicted molar refractivity (Wildman–Crippen MR) is 291 cm³/mol. The minimum Gasteiger partial charge on any atom is -0.456 e. The number of rotatable bonds is 3. The maximum atomic E-state index is 7.28. The molecule has 0 bridgehead atoms. The Morgan fingerprint density at radius 2 is 1.15 bits per heavy atom. The Morgan fingerprint density at radius 1 is 0.515 bits per heavy atom. The molecule has 1 aliphatic heterocycles. The van der Waals surface area contributed by atoms with Crippen LogP contribution in [-0.4, -0.2) is 11.8 Å². The van der Waals surface area contributed by atoms with Crippen LogP contribution in [0.1, 0.15) is 104 Å². The number of para-hydroxylation sites is 2. The largest absolute Gasteiger partial charge is 0.456 e. The maximum absolute atomic E-state index is 7.28. The second-order valence-electron chi connectivity index (χ2n) is 23.5.